The minimum Gasteiger partial charge on any atom is -0.394 e. The van der Waals surface area contributed by atoms with Crippen molar-refractivity contribution in [2.45, 2.75) is 0 Å². The fourth-order valence-electron chi connectivity index (χ4n) is 1.81. The van der Waals surface area contributed by atoms with E-state index in [0.717, 1.165) is 16.6 Å². The Bertz CT molecular complexity index is 672. The molecule has 0 unspecified atom stereocenters. The molecule has 3 heterocycles. The molecule has 3 aromatic rings. The molecule has 0 aliphatic heterocycles. The number of fused-ring (bicyclic) bond motifs is 3. The summed E-state index contributed by atoms with van der Waals surface area (Å²) in [6.45, 7) is 0. The third kappa shape index (κ3) is 0.964. The van der Waals surface area contributed by atoms with Crippen LogP contribution in [0.4, 0.5) is 11.4 Å². The van der Waals surface area contributed by atoms with Gasteiger partial charge in [-0.25, -0.2) is 0 Å². The number of pyridine rings is 2. The average molecular weight is 215 g/mol. The minimum atomic E-state index is 0.532. The molecule has 16 heavy (non-hydrogen) atoms. The van der Waals surface area contributed by atoms with Crippen molar-refractivity contribution in [3.05, 3.63) is 18.5 Å². The van der Waals surface area contributed by atoms with Crippen molar-refractivity contribution >= 4 is 27.9 Å². The predicted octanol–water partition coefficient (Wildman–Crippen LogP) is 0.296. The zero-order chi connectivity index (χ0) is 11.1. The smallest absolute Gasteiger partial charge is 0.204 e. The highest BCUT2D eigenvalue weighted by molar-refractivity contribution is 6.01. The van der Waals surface area contributed by atoms with Crippen LogP contribution >= 0.6 is 0 Å². The predicted molar refractivity (Wildman–Crippen MR) is 60.0 cm³/mol. The summed E-state index contributed by atoms with van der Waals surface area (Å²) in [7, 11) is 1.81. The summed E-state index contributed by atoms with van der Waals surface area (Å²) in [6, 6.07) is 1.87. The maximum Gasteiger partial charge on any atom is 0.204 e. The molecule has 3 rings (SSSR count). The van der Waals surface area contributed by atoms with E-state index < -0.39 is 0 Å². The van der Waals surface area contributed by atoms with E-state index in [1.54, 1.807) is 16.9 Å². The molecule has 7 nitrogen and oxygen atoms in total. The monoisotopic (exact) mass is 215 g/mol. The van der Waals surface area contributed by atoms with Gasteiger partial charge in [-0.05, 0) is 16.5 Å². The summed E-state index contributed by atoms with van der Waals surface area (Å²) in [5, 5.41) is 15.4. The van der Waals surface area contributed by atoms with Gasteiger partial charge in [0.25, 0.3) is 0 Å². The highest BCUT2D eigenvalue weighted by Crippen LogP contribution is 2.30. The van der Waals surface area contributed by atoms with Gasteiger partial charge >= 0.3 is 0 Å². The Morgan fingerprint density at radius 2 is 2.31 bits per heavy atom. The first-order valence-electron chi connectivity index (χ1n) is 4.74. The number of nitrogen functional groups attached to an aromatic ring is 1. The molecule has 0 amide bonds. The molecular weight excluding hydrogens is 206 g/mol. The fourth-order valence-corrected chi connectivity index (χ4v) is 1.81. The molecule has 3 N–H and O–H groups in total. The SMILES string of the molecule is CNc1c(N)c2nnnn2c2cnccc12. The Hall–Kier alpha value is -2.44. The van der Waals surface area contributed by atoms with E-state index in [2.05, 4.69) is 25.8 Å². The minimum absolute atomic E-state index is 0.532. The Morgan fingerprint density at radius 3 is 3.12 bits per heavy atom. The summed E-state index contributed by atoms with van der Waals surface area (Å²) in [6.07, 6.45) is 3.41. The van der Waals surface area contributed by atoms with Crippen LogP contribution in [0.1, 0.15) is 0 Å². The quantitative estimate of drug-likeness (QED) is 0.606. The van der Waals surface area contributed by atoms with Crippen LogP contribution in [-0.2, 0) is 0 Å². The number of nitrogens with two attached hydrogens (primary N) is 1. The van der Waals surface area contributed by atoms with Crippen LogP contribution in [0, 0.1) is 0 Å². The Kier molecular flexibility index (Phi) is 1.67. The van der Waals surface area contributed by atoms with Gasteiger partial charge in [-0.2, -0.15) is 4.52 Å². The van der Waals surface area contributed by atoms with Crippen LogP contribution in [0.15, 0.2) is 18.5 Å². The van der Waals surface area contributed by atoms with Crippen molar-refractivity contribution in [1.29, 1.82) is 0 Å². The van der Waals surface area contributed by atoms with Crippen molar-refractivity contribution in [3.63, 3.8) is 0 Å². The topological polar surface area (TPSA) is 94.0 Å². The van der Waals surface area contributed by atoms with Gasteiger partial charge in [-0.15, -0.1) is 5.10 Å². The molecule has 0 fully saturated rings. The number of hydrogen-bond acceptors (Lipinski definition) is 6. The number of anilines is 2. The Morgan fingerprint density at radius 1 is 1.44 bits per heavy atom. The molecular formula is C9H9N7. The molecule has 0 atom stereocenters. The van der Waals surface area contributed by atoms with Crippen LogP contribution in [0.5, 0.6) is 0 Å². The first-order valence-corrected chi connectivity index (χ1v) is 4.74. The largest absolute Gasteiger partial charge is 0.394 e. The number of hydrogen-bond donors (Lipinski definition) is 2. The first-order chi connectivity index (χ1) is 7.83. The van der Waals surface area contributed by atoms with E-state index in [-0.39, 0.29) is 0 Å². The summed E-state index contributed by atoms with van der Waals surface area (Å²) >= 11 is 0. The zero-order valence-electron chi connectivity index (χ0n) is 8.55. The third-order valence-electron chi connectivity index (χ3n) is 2.53. The molecule has 80 valence electrons. The summed E-state index contributed by atoms with van der Waals surface area (Å²) in [5.74, 6) is 0. The van der Waals surface area contributed by atoms with Gasteiger partial charge in [0.2, 0.25) is 5.65 Å². The number of rotatable bonds is 1. The van der Waals surface area contributed by atoms with Crippen LogP contribution < -0.4 is 11.1 Å². The van der Waals surface area contributed by atoms with E-state index in [1.807, 2.05) is 13.1 Å². The molecule has 7 heteroatoms. The van der Waals surface area contributed by atoms with Gasteiger partial charge in [-0.3, -0.25) is 4.98 Å². The van der Waals surface area contributed by atoms with E-state index in [0.29, 0.717) is 11.3 Å². The maximum absolute atomic E-state index is 5.99. The summed E-state index contributed by atoms with van der Waals surface area (Å²) < 4.78 is 1.58. The lowest BCUT2D eigenvalue weighted by Gasteiger charge is -2.09. The Labute approximate surface area is 90.3 Å². The van der Waals surface area contributed by atoms with Crippen molar-refractivity contribution in [1.82, 2.24) is 25.0 Å². The second-order valence-electron chi connectivity index (χ2n) is 3.35. The first kappa shape index (κ1) is 8.84. The van der Waals surface area contributed by atoms with E-state index >= 15 is 0 Å². The molecule has 3 aromatic heterocycles. The van der Waals surface area contributed by atoms with Gasteiger partial charge in [0, 0.05) is 18.6 Å². The van der Waals surface area contributed by atoms with Crippen LogP contribution in [0.25, 0.3) is 16.6 Å². The van der Waals surface area contributed by atoms with E-state index in [9.17, 15) is 0 Å². The highest BCUT2D eigenvalue weighted by atomic mass is 15.5. The van der Waals surface area contributed by atoms with Crippen molar-refractivity contribution in [2.75, 3.05) is 18.1 Å². The normalized spacial score (nSPS) is 11.1. The third-order valence-corrected chi connectivity index (χ3v) is 2.53. The lowest BCUT2D eigenvalue weighted by molar-refractivity contribution is 0.841. The number of tetrazole rings is 1. The van der Waals surface area contributed by atoms with Gasteiger partial charge in [0.1, 0.15) is 5.69 Å². The van der Waals surface area contributed by atoms with Gasteiger partial charge in [0.15, 0.2) is 0 Å². The number of aromatic nitrogens is 5. The van der Waals surface area contributed by atoms with Gasteiger partial charge < -0.3 is 11.1 Å². The van der Waals surface area contributed by atoms with Gasteiger partial charge in [0.05, 0.1) is 17.4 Å². The summed E-state index contributed by atoms with van der Waals surface area (Å²) in [5.41, 5.74) is 8.70. The second kappa shape index (κ2) is 3.02. The number of nitrogens with zero attached hydrogens (tertiary/aromatic N) is 5. The molecule has 0 bridgehead atoms. The summed E-state index contributed by atoms with van der Waals surface area (Å²) in [4.78, 5) is 4.06. The molecule has 0 aliphatic rings. The molecule has 0 radical (unpaired) electrons. The standard InChI is InChI=1S/C9H9N7/c1-11-8-5-2-3-12-4-6(5)16-9(7(8)10)13-14-15-16/h2-4,11H,10H2,1H3. The van der Waals surface area contributed by atoms with Crippen molar-refractivity contribution in [2.24, 2.45) is 0 Å². The van der Waals surface area contributed by atoms with Crippen LogP contribution in [-0.4, -0.2) is 32.1 Å². The molecule has 0 saturated carbocycles. The lowest BCUT2D eigenvalue weighted by Crippen LogP contribution is -2.03. The average Bonchev–Trinajstić information content (AvgIpc) is 2.79. The van der Waals surface area contributed by atoms with Crippen LogP contribution in [0.3, 0.4) is 0 Å². The number of nitrogens with one attached hydrogen (secondary N) is 1. The van der Waals surface area contributed by atoms with Crippen molar-refractivity contribution in [3.8, 4) is 0 Å². The zero-order valence-corrected chi connectivity index (χ0v) is 8.55. The highest BCUT2D eigenvalue weighted by Gasteiger charge is 2.13. The Balaban J connectivity index is 2.64. The van der Waals surface area contributed by atoms with E-state index in [1.165, 1.54) is 0 Å². The van der Waals surface area contributed by atoms with Gasteiger partial charge in [-0.1, -0.05) is 0 Å². The van der Waals surface area contributed by atoms with Crippen molar-refractivity contribution < 1.29 is 0 Å². The molecule has 0 saturated heterocycles. The lowest BCUT2D eigenvalue weighted by atomic mass is 10.2. The fraction of sp³-hybridized carbons (Fsp3) is 0.111. The van der Waals surface area contributed by atoms with E-state index in [4.69, 9.17) is 5.73 Å². The molecule has 0 spiro atoms. The maximum atomic E-state index is 5.99. The van der Waals surface area contributed by atoms with Crippen LogP contribution in [0.2, 0.25) is 0 Å². The molecule has 0 aromatic carbocycles. The second-order valence-corrected chi connectivity index (χ2v) is 3.35. The molecule has 0 aliphatic carbocycles.